The third-order valence-corrected chi connectivity index (χ3v) is 0.553. The Kier molecular flexibility index (Phi) is 13.0. The Morgan fingerprint density at radius 2 is 2.00 bits per heavy atom. The van der Waals surface area contributed by atoms with Crippen LogP contribution in [-0.2, 0) is 9.53 Å². The summed E-state index contributed by atoms with van der Waals surface area (Å²) in [6.45, 7) is 4.43. The van der Waals surface area contributed by atoms with Crippen molar-refractivity contribution in [1.82, 2.24) is 0 Å². The maximum absolute atomic E-state index is 9.90. The molecule has 0 fully saturated rings. The van der Waals surface area contributed by atoms with Gasteiger partial charge in [-0.15, -0.1) is 0 Å². The minimum Gasteiger partial charge on any atom is -0.384 e. The van der Waals surface area contributed by atoms with Crippen molar-refractivity contribution in [3.63, 3.8) is 0 Å². The first-order chi connectivity index (χ1) is 4.27. The van der Waals surface area contributed by atoms with Gasteiger partial charge in [-0.3, -0.25) is 4.79 Å². The molecule has 0 heterocycles. The van der Waals surface area contributed by atoms with Gasteiger partial charge in [-0.2, -0.15) is 0 Å². The molecule has 0 aliphatic rings. The maximum Gasteiger partial charge on any atom is 0.219 e. The summed E-state index contributed by atoms with van der Waals surface area (Å²) in [6.07, 6.45) is 0.316. The molecule has 3 nitrogen and oxygen atoms in total. The molecule has 9 heavy (non-hydrogen) atoms. The second kappa shape index (κ2) is 10.4. The fourth-order valence-electron chi connectivity index (χ4n) is 0.203. The van der Waals surface area contributed by atoms with E-state index in [-0.39, 0.29) is 5.91 Å². The van der Waals surface area contributed by atoms with Gasteiger partial charge in [0.1, 0.15) is 0 Å². The first-order valence-electron chi connectivity index (χ1n) is 3.04. The third-order valence-electron chi connectivity index (χ3n) is 0.553. The van der Waals surface area contributed by atoms with E-state index in [9.17, 15) is 4.79 Å². The number of methoxy groups -OCH3 is 1. The zero-order valence-corrected chi connectivity index (χ0v) is 6.31. The van der Waals surface area contributed by atoms with E-state index in [0.29, 0.717) is 13.0 Å². The molecular weight excluding hydrogens is 118 g/mol. The zero-order chi connectivity index (χ0) is 7.70. The Balaban J connectivity index is 0. The third kappa shape index (κ3) is 18.6. The summed E-state index contributed by atoms with van der Waals surface area (Å²) in [6, 6.07) is 0. The van der Waals surface area contributed by atoms with Gasteiger partial charge in [0, 0.05) is 13.5 Å². The van der Waals surface area contributed by atoms with Gasteiger partial charge in [-0.05, 0) is 0 Å². The molecule has 56 valence electrons. The van der Waals surface area contributed by atoms with Crippen LogP contribution in [0.25, 0.3) is 0 Å². The fraction of sp³-hybridized carbons (Fsp3) is 0.833. The molecular formula is C6H15NO2. The van der Waals surface area contributed by atoms with Gasteiger partial charge in [0.2, 0.25) is 5.91 Å². The monoisotopic (exact) mass is 133 g/mol. The minimum absolute atomic E-state index is 0.316. The number of carbonyl (C=O) groups is 1. The Bertz CT molecular complexity index is 64.1. The van der Waals surface area contributed by atoms with E-state index in [4.69, 9.17) is 5.73 Å². The smallest absolute Gasteiger partial charge is 0.219 e. The van der Waals surface area contributed by atoms with Crippen LogP contribution >= 0.6 is 0 Å². The Labute approximate surface area is 56.2 Å². The van der Waals surface area contributed by atoms with Gasteiger partial charge in [0.25, 0.3) is 0 Å². The quantitative estimate of drug-likeness (QED) is 0.610. The van der Waals surface area contributed by atoms with Crippen LogP contribution in [0, 0.1) is 0 Å². The molecule has 0 spiro atoms. The number of primary amides is 1. The summed E-state index contributed by atoms with van der Waals surface area (Å²) in [5.74, 6) is -0.318. The van der Waals surface area contributed by atoms with Crippen LogP contribution in [0.3, 0.4) is 0 Å². The minimum atomic E-state index is -0.318. The van der Waals surface area contributed by atoms with E-state index in [1.807, 2.05) is 13.8 Å². The lowest BCUT2D eigenvalue weighted by Crippen LogP contribution is -2.12. The van der Waals surface area contributed by atoms with E-state index >= 15 is 0 Å². The second-order valence-corrected chi connectivity index (χ2v) is 1.21. The highest BCUT2D eigenvalue weighted by molar-refractivity contribution is 5.73. The molecule has 2 N–H and O–H groups in total. The summed E-state index contributed by atoms with van der Waals surface area (Å²) in [4.78, 5) is 9.90. The van der Waals surface area contributed by atoms with E-state index in [2.05, 4.69) is 4.74 Å². The van der Waals surface area contributed by atoms with E-state index in [1.54, 1.807) is 0 Å². The Hall–Kier alpha value is -0.570. The van der Waals surface area contributed by atoms with Crippen molar-refractivity contribution < 1.29 is 9.53 Å². The molecule has 0 bridgehead atoms. The van der Waals surface area contributed by atoms with Crippen LogP contribution in [-0.4, -0.2) is 19.6 Å². The highest BCUT2D eigenvalue weighted by atomic mass is 16.5. The van der Waals surface area contributed by atoms with Crippen molar-refractivity contribution in [3.05, 3.63) is 0 Å². The first-order valence-corrected chi connectivity index (χ1v) is 3.04. The predicted molar refractivity (Wildman–Crippen MR) is 37.0 cm³/mol. The molecule has 0 rings (SSSR count). The van der Waals surface area contributed by atoms with Crippen LogP contribution < -0.4 is 5.73 Å². The second-order valence-electron chi connectivity index (χ2n) is 1.21. The molecule has 0 unspecified atom stereocenters. The lowest BCUT2D eigenvalue weighted by atomic mass is 10.4. The zero-order valence-electron chi connectivity index (χ0n) is 6.31. The number of rotatable bonds is 3. The van der Waals surface area contributed by atoms with Gasteiger partial charge in [-0.25, -0.2) is 0 Å². The van der Waals surface area contributed by atoms with Gasteiger partial charge in [0.05, 0.1) is 6.61 Å². The molecule has 0 aliphatic heterocycles. The molecule has 0 aliphatic carbocycles. The van der Waals surface area contributed by atoms with Crippen molar-refractivity contribution in [2.45, 2.75) is 20.3 Å². The Morgan fingerprint density at radius 3 is 2.11 bits per heavy atom. The van der Waals surface area contributed by atoms with Gasteiger partial charge >= 0.3 is 0 Å². The normalized spacial score (nSPS) is 7.44. The van der Waals surface area contributed by atoms with Crippen molar-refractivity contribution in [3.8, 4) is 0 Å². The van der Waals surface area contributed by atoms with E-state index in [1.165, 1.54) is 7.11 Å². The van der Waals surface area contributed by atoms with Crippen molar-refractivity contribution in [2.75, 3.05) is 13.7 Å². The van der Waals surface area contributed by atoms with Gasteiger partial charge < -0.3 is 10.5 Å². The van der Waals surface area contributed by atoms with Crippen LogP contribution in [0.5, 0.6) is 0 Å². The van der Waals surface area contributed by atoms with Gasteiger partial charge in [0.15, 0.2) is 0 Å². The molecule has 3 heteroatoms. The Morgan fingerprint density at radius 1 is 1.56 bits per heavy atom. The molecule has 0 aromatic heterocycles. The number of carbonyl (C=O) groups excluding carboxylic acids is 1. The predicted octanol–water partition coefficient (Wildman–Crippen LogP) is 0.534. The summed E-state index contributed by atoms with van der Waals surface area (Å²) < 4.78 is 4.55. The molecule has 0 atom stereocenters. The maximum atomic E-state index is 9.90. The molecule has 0 saturated heterocycles. The van der Waals surface area contributed by atoms with E-state index < -0.39 is 0 Å². The van der Waals surface area contributed by atoms with Crippen LogP contribution in [0.2, 0.25) is 0 Å². The fourth-order valence-corrected chi connectivity index (χ4v) is 0.203. The highest BCUT2D eigenvalue weighted by Crippen LogP contribution is 1.74. The van der Waals surface area contributed by atoms with Crippen LogP contribution in [0.4, 0.5) is 0 Å². The summed E-state index contributed by atoms with van der Waals surface area (Å²) in [7, 11) is 1.53. The summed E-state index contributed by atoms with van der Waals surface area (Å²) >= 11 is 0. The number of amides is 1. The summed E-state index contributed by atoms with van der Waals surface area (Å²) in [5.41, 5.74) is 4.76. The molecule has 0 aromatic rings. The van der Waals surface area contributed by atoms with Crippen LogP contribution in [0.15, 0.2) is 0 Å². The summed E-state index contributed by atoms with van der Waals surface area (Å²) in [5, 5.41) is 0. The molecule has 0 aromatic carbocycles. The van der Waals surface area contributed by atoms with Crippen LogP contribution in [0.1, 0.15) is 20.3 Å². The lowest BCUT2D eigenvalue weighted by Gasteiger charge is -1.89. The molecule has 1 amide bonds. The molecule has 0 saturated carbocycles. The standard InChI is InChI=1S/C4H9NO2.C2H6/c1-7-3-2-4(5)6;1-2/h2-3H2,1H3,(H2,5,6);1-2H3. The molecule has 0 radical (unpaired) electrons. The number of hydrogen-bond acceptors (Lipinski definition) is 2. The van der Waals surface area contributed by atoms with Gasteiger partial charge in [-0.1, -0.05) is 13.8 Å². The number of nitrogens with two attached hydrogens (primary N) is 1. The number of hydrogen-bond donors (Lipinski definition) is 1. The lowest BCUT2D eigenvalue weighted by molar-refractivity contribution is -0.118. The number of ether oxygens (including phenoxy) is 1. The van der Waals surface area contributed by atoms with Crippen molar-refractivity contribution >= 4 is 5.91 Å². The average molecular weight is 133 g/mol. The largest absolute Gasteiger partial charge is 0.384 e. The average Bonchev–Trinajstić information content (AvgIpc) is 1.88. The topological polar surface area (TPSA) is 52.3 Å². The first kappa shape index (κ1) is 11.3. The van der Waals surface area contributed by atoms with E-state index in [0.717, 1.165) is 0 Å². The van der Waals surface area contributed by atoms with Crippen molar-refractivity contribution in [2.24, 2.45) is 5.73 Å². The highest BCUT2D eigenvalue weighted by Gasteiger charge is 1.88. The van der Waals surface area contributed by atoms with Crippen molar-refractivity contribution in [1.29, 1.82) is 0 Å². The SMILES string of the molecule is CC.COCCC(N)=O.